The molecular weight excluding hydrogens is 336 g/mol. The summed E-state index contributed by atoms with van der Waals surface area (Å²) in [6, 6.07) is 3.53. The van der Waals surface area contributed by atoms with Crippen molar-refractivity contribution in [3.63, 3.8) is 0 Å². The van der Waals surface area contributed by atoms with E-state index in [-0.39, 0.29) is 36.4 Å². The Kier molecular flexibility index (Phi) is 6.04. The molecule has 2 rings (SSSR count). The van der Waals surface area contributed by atoms with Crippen LogP contribution in [-0.4, -0.2) is 30.4 Å². The number of rotatable bonds is 7. The molecule has 0 spiro atoms. The summed E-state index contributed by atoms with van der Waals surface area (Å²) in [7, 11) is 1.51. The minimum atomic E-state index is -1.12. The molecule has 1 atom stereocenters. The predicted molar refractivity (Wildman–Crippen MR) is 82.8 cm³/mol. The van der Waals surface area contributed by atoms with Crippen LogP contribution in [0.1, 0.15) is 23.3 Å². The van der Waals surface area contributed by atoms with E-state index in [9.17, 15) is 18.4 Å². The first kappa shape index (κ1) is 18.4. The van der Waals surface area contributed by atoms with Crippen LogP contribution < -0.4 is 15.4 Å². The largest absolute Gasteiger partial charge is 0.481 e. The number of nitrogens with one attached hydrogen (secondary N) is 2. The highest BCUT2D eigenvalue weighted by Gasteiger charge is 2.17. The molecule has 0 radical (unpaired) electrons. The lowest BCUT2D eigenvalue weighted by molar-refractivity contribution is -0.123. The molecule has 0 saturated carbocycles. The number of hydrogen-bond donors (Lipinski definition) is 2. The van der Waals surface area contributed by atoms with Gasteiger partial charge in [-0.1, -0.05) is 13.0 Å². The van der Waals surface area contributed by atoms with E-state index in [0.29, 0.717) is 0 Å². The normalized spacial score (nSPS) is 11.7. The predicted octanol–water partition coefficient (Wildman–Crippen LogP) is 1.64. The van der Waals surface area contributed by atoms with E-state index in [2.05, 4.69) is 15.6 Å². The molecule has 2 N–H and O–H groups in total. The van der Waals surface area contributed by atoms with Crippen LogP contribution in [0.15, 0.2) is 28.9 Å². The maximum atomic E-state index is 13.5. The van der Waals surface area contributed by atoms with Gasteiger partial charge < -0.3 is 19.8 Å². The van der Waals surface area contributed by atoms with Gasteiger partial charge in [0.2, 0.25) is 17.6 Å². The highest BCUT2D eigenvalue weighted by molar-refractivity contribution is 5.92. The number of benzene rings is 1. The fourth-order valence-corrected chi connectivity index (χ4v) is 1.89. The molecule has 134 valence electrons. The maximum Gasteiger partial charge on any atom is 0.273 e. The summed E-state index contributed by atoms with van der Waals surface area (Å²) in [4.78, 5) is 27.2. The first-order chi connectivity index (χ1) is 11.9. The Hall–Kier alpha value is -2.97. The Bertz CT molecular complexity index is 764. The SMILES string of the molecule is CNC(=O)[C@@H](C)CNC(=O)c1coc(COc2cccc(F)c2F)n1. The van der Waals surface area contributed by atoms with E-state index in [1.165, 1.54) is 19.2 Å². The van der Waals surface area contributed by atoms with Crippen molar-refractivity contribution in [3.8, 4) is 5.75 Å². The molecule has 0 aliphatic rings. The van der Waals surface area contributed by atoms with Crippen LogP contribution in [0.25, 0.3) is 0 Å². The Morgan fingerprint density at radius 1 is 1.36 bits per heavy atom. The van der Waals surface area contributed by atoms with Gasteiger partial charge in [-0.3, -0.25) is 9.59 Å². The highest BCUT2D eigenvalue weighted by Crippen LogP contribution is 2.20. The fourth-order valence-electron chi connectivity index (χ4n) is 1.89. The minimum absolute atomic E-state index is 0.0116. The van der Waals surface area contributed by atoms with E-state index in [0.717, 1.165) is 12.3 Å². The van der Waals surface area contributed by atoms with Gasteiger partial charge in [0.05, 0.1) is 5.92 Å². The minimum Gasteiger partial charge on any atom is -0.481 e. The highest BCUT2D eigenvalue weighted by atomic mass is 19.2. The van der Waals surface area contributed by atoms with Crippen LogP contribution >= 0.6 is 0 Å². The number of carbonyl (C=O) groups excluding carboxylic acids is 2. The number of halogens is 2. The van der Waals surface area contributed by atoms with Crippen LogP contribution in [0.4, 0.5) is 8.78 Å². The van der Waals surface area contributed by atoms with Crippen molar-refractivity contribution in [1.29, 1.82) is 0 Å². The van der Waals surface area contributed by atoms with E-state index in [1.54, 1.807) is 6.92 Å². The summed E-state index contributed by atoms with van der Waals surface area (Å²) in [6.45, 7) is 1.52. The van der Waals surface area contributed by atoms with Gasteiger partial charge in [0, 0.05) is 13.6 Å². The standard InChI is InChI=1S/C16H17F2N3O4/c1-9(15(22)19-2)6-20-16(23)11-7-25-13(21-11)8-24-12-5-3-4-10(17)14(12)18/h3-5,7,9H,6,8H2,1-2H3,(H,19,22)(H,20,23)/t9-/m0/s1. The third kappa shape index (κ3) is 4.75. The average Bonchev–Trinajstić information content (AvgIpc) is 3.09. The molecule has 9 heteroatoms. The lowest BCUT2D eigenvalue weighted by Crippen LogP contribution is -2.36. The topological polar surface area (TPSA) is 93.5 Å². The van der Waals surface area contributed by atoms with Crippen LogP contribution in [0, 0.1) is 17.6 Å². The van der Waals surface area contributed by atoms with Gasteiger partial charge in [-0.2, -0.15) is 4.39 Å². The lowest BCUT2D eigenvalue weighted by atomic mass is 10.1. The molecule has 7 nitrogen and oxygen atoms in total. The second-order valence-corrected chi connectivity index (χ2v) is 5.19. The molecule has 2 amide bonds. The Morgan fingerprint density at radius 3 is 2.84 bits per heavy atom. The van der Waals surface area contributed by atoms with Crippen molar-refractivity contribution in [2.75, 3.05) is 13.6 Å². The first-order valence-electron chi connectivity index (χ1n) is 7.43. The fraction of sp³-hybridized carbons (Fsp3) is 0.312. The summed E-state index contributed by atoms with van der Waals surface area (Å²) >= 11 is 0. The number of ether oxygens (including phenoxy) is 1. The molecule has 1 aromatic carbocycles. The van der Waals surface area contributed by atoms with Crippen LogP contribution in [0.3, 0.4) is 0 Å². The number of nitrogens with zero attached hydrogens (tertiary/aromatic N) is 1. The monoisotopic (exact) mass is 353 g/mol. The van der Waals surface area contributed by atoms with E-state index in [1.807, 2.05) is 0 Å². The molecule has 0 aliphatic heterocycles. The number of amides is 2. The van der Waals surface area contributed by atoms with Gasteiger partial charge in [-0.05, 0) is 12.1 Å². The zero-order valence-electron chi connectivity index (χ0n) is 13.6. The van der Waals surface area contributed by atoms with E-state index < -0.39 is 23.5 Å². The second kappa shape index (κ2) is 8.22. The average molecular weight is 353 g/mol. The molecule has 0 bridgehead atoms. The molecular formula is C16H17F2N3O4. The van der Waals surface area contributed by atoms with Gasteiger partial charge in [0.1, 0.15) is 6.26 Å². The van der Waals surface area contributed by atoms with Crippen LogP contribution in [-0.2, 0) is 11.4 Å². The molecule has 0 aliphatic carbocycles. The second-order valence-electron chi connectivity index (χ2n) is 5.19. The Balaban J connectivity index is 1.90. The van der Waals surface area contributed by atoms with Crippen molar-refractivity contribution in [1.82, 2.24) is 15.6 Å². The first-order valence-corrected chi connectivity index (χ1v) is 7.43. The lowest BCUT2D eigenvalue weighted by Gasteiger charge is -2.09. The summed E-state index contributed by atoms with van der Waals surface area (Å²) in [5.41, 5.74) is -0.0116. The number of carbonyl (C=O) groups is 2. The van der Waals surface area contributed by atoms with Gasteiger partial charge in [-0.25, -0.2) is 9.37 Å². The summed E-state index contributed by atoms with van der Waals surface area (Å²) < 4.78 is 36.7. The number of oxazole rings is 1. The smallest absolute Gasteiger partial charge is 0.273 e. The van der Waals surface area contributed by atoms with Gasteiger partial charge in [-0.15, -0.1) is 0 Å². The molecule has 0 fully saturated rings. The molecule has 25 heavy (non-hydrogen) atoms. The Labute approximate surface area is 142 Å². The van der Waals surface area contributed by atoms with Gasteiger partial charge >= 0.3 is 0 Å². The quantitative estimate of drug-likeness (QED) is 0.789. The third-order valence-corrected chi connectivity index (χ3v) is 3.31. The maximum absolute atomic E-state index is 13.5. The molecule has 1 aromatic heterocycles. The zero-order chi connectivity index (χ0) is 18.4. The summed E-state index contributed by atoms with van der Waals surface area (Å²) in [6.07, 6.45) is 1.11. The molecule has 0 saturated heterocycles. The number of hydrogen-bond acceptors (Lipinski definition) is 5. The zero-order valence-corrected chi connectivity index (χ0v) is 13.6. The summed E-state index contributed by atoms with van der Waals surface area (Å²) in [5, 5.41) is 5.02. The molecule has 0 unspecified atom stereocenters. The molecule has 2 aromatic rings. The summed E-state index contributed by atoms with van der Waals surface area (Å²) in [5.74, 6) is -3.55. The van der Waals surface area contributed by atoms with Gasteiger partial charge in [0.25, 0.3) is 5.91 Å². The van der Waals surface area contributed by atoms with Crippen molar-refractivity contribution < 1.29 is 27.5 Å². The van der Waals surface area contributed by atoms with E-state index in [4.69, 9.17) is 9.15 Å². The van der Waals surface area contributed by atoms with Crippen LogP contribution in [0.5, 0.6) is 5.75 Å². The van der Waals surface area contributed by atoms with Gasteiger partial charge in [0.15, 0.2) is 23.9 Å². The third-order valence-electron chi connectivity index (χ3n) is 3.31. The Morgan fingerprint density at radius 2 is 2.12 bits per heavy atom. The van der Waals surface area contributed by atoms with E-state index >= 15 is 0 Å². The number of aromatic nitrogens is 1. The van der Waals surface area contributed by atoms with Crippen molar-refractivity contribution in [3.05, 3.63) is 47.7 Å². The molecule has 1 heterocycles. The van der Waals surface area contributed by atoms with Crippen molar-refractivity contribution in [2.45, 2.75) is 13.5 Å². The van der Waals surface area contributed by atoms with Crippen molar-refractivity contribution >= 4 is 11.8 Å². The van der Waals surface area contributed by atoms with Crippen molar-refractivity contribution in [2.24, 2.45) is 5.92 Å². The van der Waals surface area contributed by atoms with Crippen LogP contribution in [0.2, 0.25) is 0 Å².